The number of unbranched alkanes of at least 4 members (excludes halogenated alkanes) is 1. The summed E-state index contributed by atoms with van der Waals surface area (Å²) in [5.74, 6) is 1.43. The molecule has 0 N–H and O–H groups in total. The van der Waals surface area contributed by atoms with Gasteiger partial charge < -0.3 is 4.74 Å². The van der Waals surface area contributed by atoms with Crippen molar-refractivity contribution in [3.8, 4) is 5.75 Å². The second-order valence-corrected chi connectivity index (χ2v) is 10.8. The summed E-state index contributed by atoms with van der Waals surface area (Å²) in [6.45, 7) is 5.15. The summed E-state index contributed by atoms with van der Waals surface area (Å²) in [5, 5.41) is 2.97. The molecule has 0 unspecified atom stereocenters. The maximum absolute atomic E-state index is 13.9. The number of para-hydroxylation sites is 1. The van der Waals surface area contributed by atoms with Gasteiger partial charge in [0.1, 0.15) is 5.75 Å². The van der Waals surface area contributed by atoms with E-state index in [1.54, 1.807) is 0 Å². The van der Waals surface area contributed by atoms with E-state index in [1.807, 2.05) is 59.5 Å². The Bertz CT molecular complexity index is 1280. The van der Waals surface area contributed by atoms with Gasteiger partial charge in [-0.15, -0.1) is 0 Å². The average Bonchev–Trinajstić information content (AvgIpc) is 3.20. The summed E-state index contributed by atoms with van der Waals surface area (Å²) in [4.78, 5) is 21.5. The number of hydrogen-bond donors (Lipinski definition) is 0. The number of fused-ring (bicyclic) bond motifs is 1. The monoisotopic (exact) mass is 498 g/mol. The van der Waals surface area contributed by atoms with Crippen molar-refractivity contribution in [2.45, 2.75) is 58.4 Å². The summed E-state index contributed by atoms with van der Waals surface area (Å²) in [5.41, 5.74) is 1.91. The molecule has 5 rings (SSSR count). The van der Waals surface area contributed by atoms with E-state index in [9.17, 15) is 4.79 Å². The number of hydrogen-bond acceptors (Lipinski definition) is 4. The van der Waals surface area contributed by atoms with Crippen LogP contribution in [0.2, 0.25) is 0 Å². The van der Waals surface area contributed by atoms with Crippen LogP contribution in [-0.2, 0) is 4.79 Å². The lowest BCUT2D eigenvalue weighted by atomic mass is 9.85. The van der Waals surface area contributed by atoms with Crippen LogP contribution in [-0.4, -0.2) is 28.6 Å². The Morgan fingerprint density at radius 1 is 1.00 bits per heavy atom. The molecule has 1 heterocycles. The molecule has 1 aliphatic heterocycles. The van der Waals surface area contributed by atoms with Gasteiger partial charge in [0, 0.05) is 11.4 Å². The summed E-state index contributed by atoms with van der Waals surface area (Å²) >= 11 is 1.50. The highest BCUT2D eigenvalue weighted by Crippen LogP contribution is 2.41. The van der Waals surface area contributed by atoms with Gasteiger partial charge in [-0.1, -0.05) is 81.6 Å². The number of rotatable bonds is 7. The van der Waals surface area contributed by atoms with Crippen molar-refractivity contribution in [1.82, 2.24) is 4.90 Å². The fourth-order valence-electron chi connectivity index (χ4n) is 5.16. The van der Waals surface area contributed by atoms with Crippen LogP contribution in [0.3, 0.4) is 0 Å². The van der Waals surface area contributed by atoms with Crippen LogP contribution >= 0.6 is 11.8 Å². The Balaban J connectivity index is 1.53. The molecule has 1 saturated carbocycles. The molecule has 4 nitrogen and oxygen atoms in total. The summed E-state index contributed by atoms with van der Waals surface area (Å²) < 4.78 is 6.08. The van der Waals surface area contributed by atoms with E-state index >= 15 is 0 Å². The quantitative estimate of drug-likeness (QED) is 0.243. The van der Waals surface area contributed by atoms with Crippen LogP contribution in [0.5, 0.6) is 5.75 Å². The summed E-state index contributed by atoms with van der Waals surface area (Å²) in [6, 6.07) is 22.5. The molecule has 3 aromatic rings. The predicted molar refractivity (Wildman–Crippen MR) is 152 cm³/mol. The van der Waals surface area contributed by atoms with Crippen LogP contribution in [0.25, 0.3) is 16.8 Å². The number of nitrogens with zero attached hydrogens (tertiary/aromatic N) is 2. The number of ether oxygens (including phenoxy) is 1. The largest absolute Gasteiger partial charge is 0.493 e. The highest BCUT2D eigenvalue weighted by Gasteiger charge is 2.41. The van der Waals surface area contributed by atoms with Gasteiger partial charge in [-0.3, -0.25) is 9.69 Å². The van der Waals surface area contributed by atoms with Crippen LogP contribution < -0.4 is 4.74 Å². The third-order valence-electron chi connectivity index (χ3n) is 7.18. The maximum atomic E-state index is 13.9. The smallest absolute Gasteiger partial charge is 0.267 e. The third-order valence-corrected chi connectivity index (χ3v) is 8.16. The standard InChI is InChI=1S/C31H34N2O2S/c1-3-4-20-35-28-19-18-23(25-15-9-10-16-26(25)28)21-29-30(34)33(27-17-11-8-12-22(27)2)31(36-29)32-24-13-6-5-7-14-24/h5-7,9-10,13-16,18-19,21-22,27H,3-4,8,11-12,17,20H2,1-2H3/b29-21-,32-31?/t22-,27+/m1/s1. The normalized spacial score (nSPS) is 22.6. The minimum Gasteiger partial charge on any atom is -0.493 e. The molecular formula is C31H34N2O2S. The van der Waals surface area contributed by atoms with Crippen molar-refractivity contribution in [2.75, 3.05) is 6.61 Å². The summed E-state index contributed by atoms with van der Waals surface area (Å²) in [6.07, 6.45) is 8.75. The lowest BCUT2D eigenvalue weighted by Crippen LogP contribution is -2.44. The number of carbonyl (C=O) groups is 1. The van der Waals surface area contributed by atoms with Gasteiger partial charge in [0.25, 0.3) is 5.91 Å². The average molecular weight is 499 g/mol. The van der Waals surface area contributed by atoms with Crippen molar-refractivity contribution in [1.29, 1.82) is 0 Å². The van der Waals surface area contributed by atoms with Crippen molar-refractivity contribution in [3.63, 3.8) is 0 Å². The first kappa shape index (κ1) is 24.6. The van der Waals surface area contributed by atoms with Gasteiger partial charge in [-0.25, -0.2) is 4.99 Å². The first-order valence-corrected chi connectivity index (χ1v) is 14.0. The second kappa shape index (κ2) is 11.3. The van der Waals surface area contributed by atoms with Crippen molar-refractivity contribution < 1.29 is 9.53 Å². The van der Waals surface area contributed by atoms with Crippen molar-refractivity contribution in [3.05, 3.63) is 77.2 Å². The summed E-state index contributed by atoms with van der Waals surface area (Å²) in [7, 11) is 0. The fraction of sp³-hybridized carbons (Fsp3) is 0.355. The Kier molecular flexibility index (Phi) is 7.76. The molecule has 2 fully saturated rings. The van der Waals surface area contributed by atoms with Crippen LogP contribution in [0.4, 0.5) is 5.69 Å². The van der Waals surface area contributed by atoms with Gasteiger partial charge >= 0.3 is 0 Å². The van der Waals surface area contributed by atoms with Crippen molar-refractivity contribution in [2.24, 2.45) is 10.9 Å². The zero-order chi connectivity index (χ0) is 24.9. The lowest BCUT2D eigenvalue weighted by molar-refractivity contribution is -0.124. The molecule has 0 spiro atoms. The van der Waals surface area contributed by atoms with Gasteiger partial charge in [-0.05, 0) is 72.2 Å². The molecule has 1 amide bonds. The van der Waals surface area contributed by atoms with Crippen LogP contribution in [0, 0.1) is 5.92 Å². The number of thioether (sulfide) groups is 1. The molecule has 5 heteroatoms. The molecule has 0 bridgehead atoms. The molecule has 2 atom stereocenters. The van der Waals surface area contributed by atoms with Gasteiger partial charge in [0.15, 0.2) is 5.17 Å². The van der Waals surface area contributed by atoms with Gasteiger partial charge in [-0.2, -0.15) is 0 Å². The maximum Gasteiger partial charge on any atom is 0.267 e. The molecule has 3 aromatic carbocycles. The predicted octanol–water partition coefficient (Wildman–Crippen LogP) is 8.20. The highest BCUT2D eigenvalue weighted by molar-refractivity contribution is 8.18. The first-order chi connectivity index (χ1) is 17.7. The highest BCUT2D eigenvalue weighted by atomic mass is 32.2. The molecule has 2 aliphatic rings. The van der Waals surface area contributed by atoms with E-state index in [-0.39, 0.29) is 11.9 Å². The Morgan fingerprint density at radius 2 is 1.75 bits per heavy atom. The van der Waals surface area contributed by atoms with E-state index < -0.39 is 0 Å². The van der Waals surface area contributed by atoms with E-state index in [2.05, 4.69) is 32.0 Å². The number of amidine groups is 1. The van der Waals surface area contributed by atoms with E-state index in [0.717, 1.165) is 69.9 Å². The van der Waals surface area contributed by atoms with E-state index in [4.69, 9.17) is 9.73 Å². The topological polar surface area (TPSA) is 41.9 Å². The van der Waals surface area contributed by atoms with E-state index in [0.29, 0.717) is 12.5 Å². The Labute approximate surface area is 218 Å². The zero-order valence-corrected chi connectivity index (χ0v) is 22.0. The van der Waals surface area contributed by atoms with Crippen LogP contribution in [0.15, 0.2) is 76.6 Å². The lowest BCUT2D eigenvalue weighted by Gasteiger charge is -2.35. The second-order valence-electron chi connectivity index (χ2n) is 9.75. The van der Waals surface area contributed by atoms with Gasteiger partial charge in [0.05, 0.1) is 17.2 Å². The number of aliphatic imine (C=N–C) groups is 1. The molecule has 0 aromatic heterocycles. The van der Waals surface area contributed by atoms with Crippen LogP contribution in [0.1, 0.15) is 57.9 Å². The first-order valence-electron chi connectivity index (χ1n) is 13.2. The molecule has 36 heavy (non-hydrogen) atoms. The number of amides is 1. The zero-order valence-electron chi connectivity index (χ0n) is 21.2. The number of carbonyl (C=O) groups excluding carboxylic acids is 1. The van der Waals surface area contributed by atoms with E-state index in [1.165, 1.54) is 18.2 Å². The molecule has 1 saturated heterocycles. The Morgan fingerprint density at radius 3 is 2.53 bits per heavy atom. The minimum absolute atomic E-state index is 0.0702. The molecule has 1 aliphatic carbocycles. The Hall–Kier alpha value is -3.05. The molecule has 0 radical (unpaired) electrons. The SMILES string of the molecule is CCCCOc1ccc(/C=C2\SC(=Nc3ccccc3)N([C@H]3CCCC[C@H]3C)C2=O)c2ccccc12. The molecule has 186 valence electrons. The van der Waals surface area contributed by atoms with Gasteiger partial charge in [0.2, 0.25) is 0 Å². The van der Waals surface area contributed by atoms with Crippen molar-refractivity contribution >= 4 is 45.4 Å². The molecular weight excluding hydrogens is 464 g/mol. The minimum atomic E-state index is 0.0702. The fourth-order valence-corrected chi connectivity index (χ4v) is 6.20. The third kappa shape index (κ3) is 5.22. The number of benzene rings is 3.